The Bertz CT molecular complexity index is 397. The molecule has 16 heavy (non-hydrogen) atoms. The number of rotatable bonds is 4. The van der Waals surface area contributed by atoms with Gasteiger partial charge < -0.3 is 0 Å². The van der Waals surface area contributed by atoms with Crippen molar-refractivity contribution in [3.63, 3.8) is 0 Å². The third-order valence-corrected chi connectivity index (χ3v) is 2.90. The van der Waals surface area contributed by atoms with Crippen LogP contribution >= 0.6 is 11.6 Å². The predicted octanol–water partition coefficient (Wildman–Crippen LogP) is 4.63. The maximum atomic E-state index is 5.95. The molecule has 0 spiro atoms. The van der Waals surface area contributed by atoms with Gasteiger partial charge in [0.05, 0.1) is 11.4 Å². The summed E-state index contributed by atoms with van der Waals surface area (Å²) >= 11 is 5.95. The van der Waals surface area contributed by atoms with Crippen molar-refractivity contribution in [1.82, 2.24) is 4.98 Å². The van der Waals surface area contributed by atoms with E-state index in [1.165, 1.54) is 12.8 Å². The van der Waals surface area contributed by atoms with E-state index in [9.17, 15) is 0 Å². The third-order valence-electron chi connectivity index (χ3n) is 2.52. The van der Waals surface area contributed by atoms with Crippen molar-refractivity contribution in [2.45, 2.75) is 47.0 Å². The first-order chi connectivity index (χ1) is 7.54. The lowest BCUT2D eigenvalue weighted by Crippen LogP contribution is -1.92. The number of aliphatic imine (C=N–C) groups is 1. The number of halogens is 1. The average Bonchev–Trinajstić information content (AvgIpc) is 2.23. The molecule has 88 valence electrons. The number of pyridine rings is 1. The Hall–Kier alpha value is -0.890. The van der Waals surface area contributed by atoms with Crippen LogP contribution in [0.5, 0.6) is 0 Å². The maximum Gasteiger partial charge on any atom is 0.132 e. The summed E-state index contributed by atoms with van der Waals surface area (Å²) in [5.41, 5.74) is 3.98. The lowest BCUT2D eigenvalue weighted by Gasteiger charge is -2.05. The molecule has 1 aromatic heterocycles. The zero-order valence-corrected chi connectivity index (χ0v) is 11.2. The molecule has 2 nitrogen and oxygen atoms in total. The van der Waals surface area contributed by atoms with E-state index in [0.29, 0.717) is 5.15 Å². The molecule has 0 aliphatic heterocycles. The molecule has 0 saturated heterocycles. The van der Waals surface area contributed by atoms with E-state index in [4.69, 9.17) is 11.6 Å². The zero-order chi connectivity index (χ0) is 12.1. The molecule has 0 N–H and O–H groups in total. The van der Waals surface area contributed by atoms with Gasteiger partial charge in [0.15, 0.2) is 0 Å². The number of aromatic nitrogens is 1. The second-order valence-corrected chi connectivity index (χ2v) is 4.51. The smallest absolute Gasteiger partial charge is 0.132 e. The zero-order valence-electron chi connectivity index (χ0n) is 10.5. The monoisotopic (exact) mass is 238 g/mol. The molecule has 0 aliphatic rings. The van der Waals surface area contributed by atoms with Crippen molar-refractivity contribution in [3.8, 4) is 0 Å². The Morgan fingerprint density at radius 3 is 2.75 bits per heavy atom. The highest BCUT2D eigenvalue weighted by Gasteiger charge is 2.03. The lowest BCUT2D eigenvalue weighted by molar-refractivity contribution is 0.833. The highest BCUT2D eigenvalue weighted by atomic mass is 35.5. The first kappa shape index (κ1) is 13.2. The molecule has 1 rings (SSSR count). The van der Waals surface area contributed by atoms with Gasteiger partial charge in [-0.3, -0.25) is 4.99 Å². The predicted molar refractivity (Wildman–Crippen MR) is 71.0 cm³/mol. The molecular weight excluding hydrogens is 220 g/mol. The molecule has 0 bridgehead atoms. The van der Waals surface area contributed by atoms with Gasteiger partial charge in [-0.05, 0) is 45.2 Å². The van der Waals surface area contributed by atoms with Crippen LogP contribution in [-0.4, -0.2) is 10.7 Å². The molecule has 0 aromatic carbocycles. The van der Waals surface area contributed by atoms with E-state index < -0.39 is 0 Å². The topological polar surface area (TPSA) is 25.2 Å². The maximum absolute atomic E-state index is 5.95. The van der Waals surface area contributed by atoms with E-state index in [2.05, 4.69) is 23.8 Å². The standard InChI is InChI=1S/C13H19ClN2/c1-5-6-7-10(3)15-12-8-9(2)13(14)16-11(12)4/h8H,5-7H2,1-4H3. The molecule has 3 heteroatoms. The van der Waals surface area contributed by atoms with Crippen LogP contribution in [-0.2, 0) is 0 Å². The largest absolute Gasteiger partial charge is 0.256 e. The van der Waals surface area contributed by atoms with Gasteiger partial charge in [-0.2, -0.15) is 0 Å². The molecule has 0 amide bonds. The number of nitrogens with zero attached hydrogens (tertiary/aromatic N) is 2. The summed E-state index contributed by atoms with van der Waals surface area (Å²) in [6, 6.07) is 2.00. The van der Waals surface area contributed by atoms with Gasteiger partial charge >= 0.3 is 0 Å². The minimum absolute atomic E-state index is 0.572. The van der Waals surface area contributed by atoms with Crippen LogP contribution < -0.4 is 0 Å². The molecule has 1 heterocycles. The molecule has 0 radical (unpaired) electrons. The second kappa shape index (κ2) is 6.00. The molecule has 0 aliphatic carbocycles. The van der Waals surface area contributed by atoms with Crippen molar-refractivity contribution in [1.29, 1.82) is 0 Å². The summed E-state index contributed by atoms with van der Waals surface area (Å²) in [4.78, 5) is 8.86. The Morgan fingerprint density at radius 2 is 2.12 bits per heavy atom. The Kier molecular flexibility index (Phi) is 4.94. The molecule has 0 unspecified atom stereocenters. The molecule has 0 atom stereocenters. The van der Waals surface area contributed by atoms with Gasteiger partial charge in [-0.15, -0.1) is 0 Å². The number of hydrogen-bond acceptors (Lipinski definition) is 2. The van der Waals surface area contributed by atoms with Gasteiger partial charge in [0.2, 0.25) is 0 Å². The Morgan fingerprint density at radius 1 is 1.44 bits per heavy atom. The van der Waals surface area contributed by atoms with E-state index >= 15 is 0 Å². The first-order valence-electron chi connectivity index (χ1n) is 5.72. The van der Waals surface area contributed by atoms with Crippen molar-refractivity contribution < 1.29 is 0 Å². The SMILES string of the molecule is CCCCC(C)=Nc1cc(C)c(Cl)nc1C. The van der Waals surface area contributed by atoms with Crippen LogP contribution in [0.4, 0.5) is 5.69 Å². The van der Waals surface area contributed by atoms with Gasteiger partial charge in [-0.25, -0.2) is 4.98 Å². The highest BCUT2D eigenvalue weighted by Crippen LogP contribution is 2.23. The number of hydrogen-bond donors (Lipinski definition) is 0. The van der Waals surface area contributed by atoms with Crippen LogP contribution in [0.3, 0.4) is 0 Å². The normalized spacial score (nSPS) is 11.9. The van der Waals surface area contributed by atoms with E-state index in [1.54, 1.807) is 0 Å². The van der Waals surface area contributed by atoms with Gasteiger partial charge in [0.25, 0.3) is 0 Å². The van der Waals surface area contributed by atoms with E-state index in [-0.39, 0.29) is 0 Å². The molecule has 1 aromatic rings. The average molecular weight is 239 g/mol. The fraction of sp³-hybridized carbons (Fsp3) is 0.538. The van der Waals surface area contributed by atoms with Crippen molar-refractivity contribution in [2.24, 2.45) is 4.99 Å². The minimum Gasteiger partial charge on any atom is -0.256 e. The number of unbranched alkanes of at least 4 members (excludes halogenated alkanes) is 1. The summed E-state index contributed by atoms with van der Waals surface area (Å²) in [6.45, 7) is 8.15. The highest BCUT2D eigenvalue weighted by molar-refractivity contribution is 6.30. The summed E-state index contributed by atoms with van der Waals surface area (Å²) in [5, 5.41) is 0.572. The first-order valence-corrected chi connectivity index (χ1v) is 6.10. The van der Waals surface area contributed by atoms with Crippen LogP contribution in [0, 0.1) is 13.8 Å². The Labute approximate surface area is 103 Å². The van der Waals surface area contributed by atoms with Crippen molar-refractivity contribution >= 4 is 23.0 Å². The summed E-state index contributed by atoms with van der Waals surface area (Å²) in [6.07, 6.45) is 3.44. The van der Waals surface area contributed by atoms with E-state index in [1.807, 2.05) is 19.9 Å². The summed E-state index contributed by atoms with van der Waals surface area (Å²) in [7, 11) is 0. The van der Waals surface area contributed by atoms with Gasteiger partial charge in [0.1, 0.15) is 5.15 Å². The minimum atomic E-state index is 0.572. The van der Waals surface area contributed by atoms with Crippen molar-refractivity contribution in [2.75, 3.05) is 0 Å². The molecule has 0 saturated carbocycles. The Balaban J connectivity index is 2.92. The van der Waals surface area contributed by atoms with Crippen LogP contribution in [0.1, 0.15) is 44.4 Å². The molecule has 0 fully saturated rings. The number of aryl methyl sites for hydroxylation is 2. The van der Waals surface area contributed by atoms with Crippen LogP contribution in [0.2, 0.25) is 5.15 Å². The quantitative estimate of drug-likeness (QED) is 0.554. The lowest BCUT2D eigenvalue weighted by atomic mass is 10.2. The van der Waals surface area contributed by atoms with Crippen molar-refractivity contribution in [3.05, 3.63) is 22.5 Å². The summed E-state index contributed by atoms with van der Waals surface area (Å²) < 4.78 is 0. The fourth-order valence-corrected chi connectivity index (χ4v) is 1.65. The van der Waals surface area contributed by atoms with Crippen LogP contribution in [0.25, 0.3) is 0 Å². The van der Waals surface area contributed by atoms with Crippen LogP contribution in [0.15, 0.2) is 11.1 Å². The summed E-state index contributed by atoms with van der Waals surface area (Å²) in [5.74, 6) is 0. The van der Waals surface area contributed by atoms with Gasteiger partial charge in [-0.1, -0.05) is 24.9 Å². The van der Waals surface area contributed by atoms with Gasteiger partial charge in [0, 0.05) is 5.71 Å². The van der Waals surface area contributed by atoms with E-state index in [0.717, 1.165) is 29.1 Å². The molecular formula is C13H19ClN2. The fourth-order valence-electron chi connectivity index (χ4n) is 1.47. The third kappa shape index (κ3) is 3.60. The second-order valence-electron chi connectivity index (χ2n) is 4.15.